The molecule has 0 bridgehead atoms. The van der Waals surface area contributed by atoms with Crippen LogP contribution in [-0.2, 0) is 9.53 Å². The van der Waals surface area contributed by atoms with E-state index in [1.165, 1.54) is 18.2 Å². The summed E-state index contributed by atoms with van der Waals surface area (Å²) in [5.74, 6) is -0.919. The van der Waals surface area contributed by atoms with Crippen molar-refractivity contribution in [3.63, 3.8) is 0 Å². The molecule has 0 saturated carbocycles. The standard InChI is InChI=1S/C15H16BrFN2O3/c1-3-6-22-14(20)12-8(2)18-15(21)19-13(12)9-4-5-11(17)10(16)7-9/h4-5,7,13H,3,6H2,1-2H3,(H2,18,19,21)/t13-/m0/s1. The number of benzene rings is 1. The van der Waals surface area contributed by atoms with Crippen molar-refractivity contribution >= 4 is 27.9 Å². The highest BCUT2D eigenvalue weighted by Crippen LogP contribution is 2.30. The van der Waals surface area contributed by atoms with Crippen molar-refractivity contribution in [2.45, 2.75) is 26.3 Å². The summed E-state index contributed by atoms with van der Waals surface area (Å²) in [6, 6.07) is 3.23. The van der Waals surface area contributed by atoms with Gasteiger partial charge in [-0.15, -0.1) is 0 Å². The average molecular weight is 371 g/mol. The van der Waals surface area contributed by atoms with Crippen molar-refractivity contribution in [2.75, 3.05) is 6.61 Å². The number of ether oxygens (including phenoxy) is 1. The van der Waals surface area contributed by atoms with Crippen LogP contribution in [0.15, 0.2) is 33.9 Å². The number of nitrogens with one attached hydrogen (secondary N) is 2. The second kappa shape index (κ2) is 6.91. The summed E-state index contributed by atoms with van der Waals surface area (Å²) in [5, 5.41) is 5.22. The third-order valence-electron chi connectivity index (χ3n) is 3.20. The Balaban J connectivity index is 2.40. The second-order valence-electron chi connectivity index (χ2n) is 4.88. The Bertz CT molecular complexity index is 646. The molecule has 0 radical (unpaired) electrons. The molecule has 0 saturated heterocycles. The van der Waals surface area contributed by atoms with Gasteiger partial charge < -0.3 is 15.4 Å². The molecule has 2 rings (SSSR count). The van der Waals surface area contributed by atoms with Crippen molar-refractivity contribution in [1.29, 1.82) is 0 Å². The lowest BCUT2D eigenvalue weighted by Gasteiger charge is -2.28. The Morgan fingerprint density at radius 3 is 2.82 bits per heavy atom. The molecule has 5 nitrogen and oxygen atoms in total. The van der Waals surface area contributed by atoms with Gasteiger partial charge in [0.15, 0.2) is 0 Å². The average Bonchev–Trinajstić information content (AvgIpc) is 2.46. The molecule has 1 heterocycles. The summed E-state index contributed by atoms with van der Waals surface area (Å²) < 4.78 is 18.8. The predicted molar refractivity (Wildman–Crippen MR) is 82.5 cm³/mol. The van der Waals surface area contributed by atoms with Gasteiger partial charge in [0.2, 0.25) is 0 Å². The molecule has 7 heteroatoms. The van der Waals surface area contributed by atoms with E-state index in [0.29, 0.717) is 29.9 Å². The zero-order valence-electron chi connectivity index (χ0n) is 12.2. The van der Waals surface area contributed by atoms with Crippen LogP contribution in [0.3, 0.4) is 0 Å². The molecule has 0 aromatic heterocycles. The van der Waals surface area contributed by atoms with Crippen molar-refractivity contribution in [2.24, 2.45) is 0 Å². The highest BCUT2D eigenvalue weighted by molar-refractivity contribution is 9.10. The fourth-order valence-corrected chi connectivity index (χ4v) is 2.58. The van der Waals surface area contributed by atoms with Crippen molar-refractivity contribution in [3.05, 3.63) is 45.3 Å². The van der Waals surface area contributed by atoms with Crippen molar-refractivity contribution in [1.82, 2.24) is 10.6 Å². The smallest absolute Gasteiger partial charge is 0.338 e. The Kier molecular flexibility index (Phi) is 5.18. The lowest BCUT2D eigenvalue weighted by molar-refractivity contribution is -0.139. The first-order valence-corrected chi connectivity index (χ1v) is 7.63. The van der Waals surface area contributed by atoms with Gasteiger partial charge in [0.05, 0.1) is 22.7 Å². The van der Waals surface area contributed by atoms with E-state index in [4.69, 9.17) is 4.74 Å². The highest BCUT2D eigenvalue weighted by atomic mass is 79.9. The molecule has 118 valence electrons. The summed E-state index contributed by atoms with van der Waals surface area (Å²) in [6.07, 6.45) is 0.699. The molecule has 1 aliphatic rings. The van der Waals surface area contributed by atoms with E-state index in [1.807, 2.05) is 6.92 Å². The second-order valence-corrected chi connectivity index (χ2v) is 5.73. The van der Waals surface area contributed by atoms with Gasteiger partial charge in [-0.05, 0) is 47.0 Å². The predicted octanol–water partition coefficient (Wildman–Crippen LogP) is 3.17. The van der Waals surface area contributed by atoms with Crippen LogP contribution in [0.1, 0.15) is 31.9 Å². The monoisotopic (exact) mass is 370 g/mol. The van der Waals surface area contributed by atoms with Crippen LogP contribution in [0.4, 0.5) is 9.18 Å². The fourth-order valence-electron chi connectivity index (χ4n) is 2.18. The minimum absolute atomic E-state index is 0.261. The molecule has 2 amide bonds. The first-order valence-electron chi connectivity index (χ1n) is 6.84. The number of carbonyl (C=O) groups is 2. The van der Waals surface area contributed by atoms with Crippen LogP contribution in [-0.4, -0.2) is 18.6 Å². The normalized spacial score (nSPS) is 17.8. The maximum Gasteiger partial charge on any atom is 0.338 e. The Morgan fingerprint density at radius 1 is 1.45 bits per heavy atom. The minimum atomic E-state index is -0.685. The minimum Gasteiger partial charge on any atom is -0.462 e. The summed E-state index contributed by atoms with van der Waals surface area (Å²) in [5.41, 5.74) is 1.33. The lowest BCUT2D eigenvalue weighted by Crippen LogP contribution is -2.45. The van der Waals surface area contributed by atoms with Gasteiger partial charge in [0, 0.05) is 5.70 Å². The number of amides is 2. The van der Waals surface area contributed by atoms with Crippen LogP contribution in [0, 0.1) is 5.82 Å². The van der Waals surface area contributed by atoms with Gasteiger partial charge in [-0.2, -0.15) is 0 Å². The number of hydrogen-bond acceptors (Lipinski definition) is 3. The van der Waals surface area contributed by atoms with Crippen LogP contribution in [0.2, 0.25) is 0 Å². The first kappa shape index (κ1) is 16.5. The molecular weight excluding hydrogens is 355 g/mol. The zero-order valence-corrected chi connectivity index (χ0v) is 13.8. The highest BCUT2D eigenvalue weighted by Gasteiger charge is 2.32. The number of halogens is 2. The third-order valence-corrected chi connectivity index (χ3v) is 3.81. The quantitative estimate of drug-likeness (QED) is 0.799. The number of esters is 1. The van der Waals surface area contributed by atoms with Gasteiger partial charge >= 0.3 is 12.0 Å². The van der Waals surface area contributed by atoms with E-state index in [1.54, 1.807) is 6.92 Å². The van der Waals surface area contributed by atoms with Crippen molar-refractivity contribution < 1.29 is 18.7 Å². The van der Waals surface area contributed by atoms with Crippen molar-refractivity contribution in [3.8, 4) is 0 Å². The van der Waals surface area contributed by atoms with Gasteiger partial charge in [-0.3, -0.25) is 0 Å². The molecule has 22 heavy (non-hydrogen) atoms. The molecule has 1 aliphatic heterocycles. The zero-order chi connectivity index (χ0) is 16.3. The molecular formula is C15H16BrFN2O3. The van der Waals surface area contributed by atoms with Gasteiger partial charge in [0.1, 0.15) is 5.82 Å². The van der Waals surface area contributed by atoms with E-state index < -0.39 is 23.9 Å². The maximum absolute atomic E-state index is 13.4. The topological polar surface area (TPSA) is 67.4 Å². The van der Waals surface area contributed by atoms with E-state index in [0.717, 1.165) is 0 Å². The molecule has 1 atom stereocenters. The van der Waals surface area contributed by atoms with Crippen LogP contribution in [0.25, 0.3) is 0 Å². The third kappa shape index (κ3) is 3.47. The summed E-state index contributed by atoms with van der Waals surface area (Å²) in [6.45, 7) is 3.82. The van der Waals surface area contributed by atoms with Crippen LogP contribution >= 0.6 is 15.9 Å². The number of hydrogen-bond donors (Lipinski definition) is 2. The van der Waals surface area contributed by atoms with E-state index in [2.05, 4.69) is 26.6 Å². The molecule has 0 fully saturated rings. The van der Waals surface area contributed by atoms with E-state index >= 15 is 0 Å². The Hall–Kier alpha value is -1.89. The SMILES string of the molecule is CCCOC(=O)C1=C(C)NC(=O)N[C@H]1c1ccc(F)c(Br)c1. The van der Waals surface area contributed by atoms with E-state index in [9.17, 15) is 14.0 Å². The lowest BCUT2D eigenvalue weighted by atomic mass is 9.95. The van der Waals surface area contributed by atoms with Gasteiger partial charge in [-0.1, -0.05) is 13.0 Å². The van der Waals surface area contributed by atoms with Crippen LogP contribution in [0.5, 0.6) is 0 Å². The number of urea groups is 1. The van der Waals surface area contributed by atoms with Crippen LogP contribution < -0.4 is 10.6 Å². The molecule has 1 aromatic carbocycles. The summed E-state index contributed by atoms with van der Waals surface area (Å²) in [4.78, 5) is 23.9. The largest absolute Gasteiger partial charge is 0.462 e. The Labute approximate surface area is 136 Å². The number of rotatable bonds is 4. The van der Waals surface area contributed by atoms with Gasteiger partial charge in [-0.25, -0.2) is 14.0 Å². The molecule has 2 N–H and O–H groups in total. The number of carbonyl (C=O) groups excluding carboxylic acids is 2. The molecule has 1 aromatic rings. The summed E-state index contributed by atoms with van der Waals surface area (Å²) in [7, 11) is 0. The summed E-state index contributed by atoms with van der Waals surface area (Å²) >= 11 is 3.11. The molecule has 0 aliphatic carbocycles. The van der Waals surface area contributed by atoms with E-state index in [-0.39, 0.29) is 4.47 Å². The number of allylic oxidation sites excluding steroid dienone is 1. The van der Waals surface area contributed by atoms with Gasteiger partial charge in [0.25, 0.3) is 0 Å². The fraction of sp³-hybridized carbons (Fsp3) is 0.333. The Morgan fingerprint density at radius 2 is 2.18 bits per heavy atom. The molecule has 0 unspecified atom stereocenters. The first-order chi connectivity index (χ1) is 10.4. The maximum atomic E-state index is 13.4. The molecule has 0 spiro atoms.